The first-order valence-corrected chi connectivity index (χ1v) is 9.16. The van der Waals surface area contributed by atoms with Gasteiger partial charge in [-0.15, -0.1) is 0 Å². The van der Waals surface area contributed by atoms with Crippen molar-refractivity contribution >= 4 is 23.4 Å². The molecule has 1 aromatic carbocycles. The first-order valence-electron chi connectivity index (χ1n) is 8.28. The second kappa shape index (κ2) is 6.55. The lowest BCUT2D eigenvalue weighted by atomic mass is 10.1. The zero-order valence-electron chi connectivity index (χ0n) is 14.8. The molecule has 24 heavy (non-hydrogen) atoms. The molecule has 1 aromatic heterocycles. The molecule has 0 radical (unpaired) electrons. The van der Waals surface area contributed by atoms with Crippen LogP contribution in [-0.2, 0) is 11.2 Å². The molecule has 3 rings (SSSR count). The molecule has 0 aliphatic carbocycles. The minimum atomic E-state index is -0.222. The molecule has 5 heteroatoms. The van der Waals surface area contributed by atoms with Crippen LogP contribution in [0.25, 0.3) is 0 Å². The summed E-state index contributed by atoms with van der Waals surface area (Å²) >= 11 is 1.44. The zero-order chi connectivity index (χ0) is 17.4. The van der Waals surface area contributed by atoms with Gasteiger partial charge < -0.3 is 4.90 Å². The molecule has 2 atom stereocenters. The van der Waals surface area contributed by atoms with E-state index in [9.17, 15) is 4.79 Å². The fraction of sp³-hybridized carbons (Fsp3) is 0.421. The third-order valence-corrected chi connectivity index (χ3v) is 5.64. The van der Waals surface area contributed by atoms with Gasteiger partial charge in [0.2, 0.25) is 5.91 Å². The summed E-state index contributed by atoms with van der Waals surface area (Å²) in [6.45, 7) is 10.0. The number of fused-ring (bicyclic) bond motifs is 1. The second-order valence-electron chi connectivity index (χ2n) is 6.45. The van der Waals surface area contributed by atoms with E-state index >= 15 is 0 Å². The van der Waals surface area contributed by atoms with Gasteiger partial charge in [-0.25, -0.2) is 9.97 Å². The van der Waals surface area contributed by atoms with E-state index in [-0.39, 0.29) is 17.2 Å². The lowest BCUT2D eigenvalue weighted by Gasteiger charge is -2.25. The Morgan fingerprint density at radius 3 is 2.50 bits per heavy atom. The van der Waals surface area contributed by atoms with Crippen LogP contribution >= 0.6 is 11.8 Å². The summed E-state index contributed by atoms with van der Waals surface area (Å²) in [4.78, 5) is 24.0. The van der Waals surface area contributed by atoms with Crippen molar-refractivity contribution < 1.29 is 4.79 Å². The number of nitrogens with zero attached hydrogens (tertiary/aromatic N) is 3. The van der Waals surface area contributed by atoms with Crippen molar-refractivity contribution in [3.8, 4) is 0 Å². The molecule has 0 saturated carbocycles. The molecular formula is C19H23N3OS. The van der Waals surface area contributed by atoms with Gasteiger partial charge in [-0.1, -0.05) is 30.0 Å². The maximum absolute atomic E-state index is 13.0. The summed E-state index contributed by atoms with van der Waals surface area (Å²) in [6, 6.07) is 8.35. The average molecular weight is 341 g/mol. The molecule has 0 spiro atoms. The summed E-state index contributed by atoms with van der Waals surface area (Å²) in [6.07, 6.45) is 0.915. The minimum absolute atomic E-state index is 0.122. The maximum atomic E-state index is 13.0. The van der Waals surface area contributed by atoms with E-state index in [2.05, 4.69) is 23.0 Å². The summed E-state index contributed by atoms with van der Waals surface area (Å²) in [5.41, 5.74) is 5.35. The topological polar surface area (TPSA) is 46.1 Å². The Bertz CT molecular complexity index is 767. The monoisotopic (exact) mass is 341 g/mol. The van der Waals surface area contributed by atoms with Crippen LogP contribution in [0.1, 0.15) is 36.4 Å². The standard InChI is InChI=1S/C19H23N3OS/c1-11-10-16-8-6-7-9-17(16)22(11)18(23)15(5)24-19-20-13(3)12(2)14(4)21-19/h6-9,11,15H,10H2,1-5H3/t11-,15+/m1/s1. The summed E-state index contributed by atoms with van der Waals surface area (Å²) in [5, 5.41) is 0.455. The Hall–Kier alpha value is -1.88. The Morgan fingerprint density at radius 1 is 1.21 bits per heavy atom. The van der Waals surface area contributed by atoms with Crippen molar-refractivity contribution in [1.29, 1.82) is 0 Å². The van der Waals surface area contributed by atoms with E-state index < -0.39 is 0 Å². The highest BCUT2D eigenvalue weighted by Crippen LogP contribution is 2.34. The number of aromatic nitrogens is 2. The van der Waals surface area contributed by atoms with E-state index in [1.807, 2.05) is 50.8 Å². The first kappa shape index (κ1) is 17.0. The van der Waals surface area contributed by atoms with E-state index in [1.54, 1.807) is 0 Å². The van der Waals surface area contributed by atoms with Gasteiger partial charge in [-0.3, -0.25) is 4.79 Å². The van der Waals surface area contributed by atoms with Gasteiger partial charge in [-0.2, -0.15) is 0 Å². The Morgan fingerprint density at radius 2 is 1.83 bits per heavy atom. The van der Waals surface area contributed by atoms with E-state index in [4.69, 9.17) is 0 Å². The van der Waals surface area contributed by atoms with Gasteiger partial charge in [-0.05, 0) is 58.2 Å². The van der Waals surface area contributed by atoms with Crippen molar-refractivity contribution in [1.82, 2.24) is 9.97 Å². The molecule has 1 aliphatic rings. The zero-order valence-corrected chi connectivity index (χ0v) is 15.6. The molecule has 4 nitrogen and oxygen atoms in total. The van der Waals surface area contributed by atoms with Gasteiger partial charge in [0.1, 0.15) is 0 Å². The van der Waals surface area contributed by atoms with Crippen LogP contribution in [0.2, 0.25) is 0 Å². The number of amides is 1. The minimum Gasteiger partial charge on any atom is -0.308 e. The number of benzene rings is 1. The van der Waals surface area contributed by atoms with Crippen LogP contribution < -0.4 is 4.90 Å². The van der Waals surface area contributed by atoms with E-state index in [0.29, 0.717) is 5.16 Å². The first-order chi connectivity index (χ1) is 11.4. The molecule has 0 fully saturated rings. The van der Waals surface area contributed by atoms with Crippen LogP contribution in [0, 0.1) is 20.8 Å². The van der Waals surface area contributed by atoms with Crippen LogP contribution in [0.4, 0.5) is 5.69 Å². The van der Waals surface area contributed by atoms with Crippen LogP contribution in [0.3, 0.4) is 0 Å². The summed E-state index contributed by atoms with van der Waals surface area (Å²) in [7, 11) is 0. The number of rotatable bonds is 3. The number of carbonyl (C=O) groups is 1. The predicted octanol–water partition coefficient (Wildman–Crippen LogP) is 3.86. The number of anilines is 1. The smallest absolute Gasteiger partial charge is 0.240 e. The number of hydrogen-bond acceptors (Lipinski definition) is 4. The molecule has 0 N–H and O–H groups in total. The van der Waals surface area contributed by atoms with Crippen LogP contribution in [0.15, 0.2) is 29.4 Å². The van der Waals surface area contributed by atoms with E-state index in [1.165, 1.54) is 17.3 Å². The summed E-state index contributed by atoms with van der Waals surface area (Å²) in [5.74, 6) is 0.122. The molecule has 126 valence electrons. The molecule has 1 aliphatic heterocycles. The molecular weight excluding hydrogens is 318 g/mol. The van der Waals surface area contributed by atoms with Crippen molar-refractivity contribution in [2.45, 2.75) is 57.5 Å². The fourth-order valence-electron chi connectivity index (χ4n) is 3.10. The molecule has 1 amide bonds. The predicted molar refractivity (Wildman–Crippen MR) is 98.7 cm³/mol. The molecule has 0 saturated heterocycles. The Kier molecular flexibility index (Phi) is 4.63. The molecule has 2 heterocycles. The maximum Gasteiger partial charge on any atom is 0.240 e. The lowest BCUT2D eigenvalue weighted by molar-refractivity contribution is -0.118. The highest BCUT2D eigenvalue weighted by atomic mass is 32.2. The SMILES string of the molecule is Cc1nc(S[C@@H](C)C(=O)N2c3ccccc3C[C@H]2C)nc(C)c1C. The van der Waals surface area contributed by atoms with Crippen LogP contribution in [0.5, 0.6) is 0 Å². The number of para-hydroxylation sites is 1. The van der Waals surface area contributed by atoms with Gasteiger partial charge in [0.05, 0.1) is 5.25 Å². The average Bonchev–Trinajstić information content (AvgIpc) is 2.87. The lowest BCUT2D eigenvalue weighted by Crippen LogP contribution is -2.40. The van der Waals surface area contributed by atoms with Gasteiger partial charge >= 0.3 is 0 Å². The van der Waals surface area contributed by atoms with Crippen molar-refractivity contribution in [2.24, 2.45) is 0 Å². The number of hydrogen-bond donors (Lipinski definition) is 0. The second-order valence-corrected chi connectivity index (χ2v) is 7.76. The third-order valence-electron chi connectivity index (χ3n) is 4.69. The largest absolute Gasteiger partial charge is 0.308 e. The normalized spacial score (nSPS) is 17.7. The molecule has 2 aromatic rings. The molecule has 0 unspecified atom stereocenters. The van der Waals surface area contributed by atoms with Crippen molar-refractivity contribution in [3.05, 3.63) is 46.8 Å². The van der Waals surface area contributed by atoms with Crippen molar-refractivity contribution in [3.63, 3.8) is 0 Å². The van der Waals surface area contributed by atoms with Crippen molar-refractivity contribution in [2.75, 3.05) is 4.90 Å². The third kappa shape index (κ3) is 3.05. The fourth-order valence-corrected chi connectivity index (χ4v) is 4.01. The summed E-state index contributed by atoms with van der Waals surface area (Å²) < 4.78 is 0. The van der Waals surface area contributed by atoms with Gasteiger partial charge in [0, 0.05) is 23.1 Å². The Balaban J connectivity index is 1.81. The molecule has 0 bridgehead atoms. The number of aryl methyl sites for hydroxylation is 2. The quantitative estimate of drug-likeness (QED) is 0.628. The highest BCUT2D eigenvalue weighted by molar-refractivity contribution is 8.00. The number of carbonyl (C=O) groups excluding carboxylic acids is 1. The number of thioether (sulfide) groups is 1. The Labute approximate surface area is 147 Å². The van der Waals surface area contributed by atoms with Gasteiger partial charge in [0.25, 0.3) is 0 Å². The van der Waals surface area contributed by atoms with Gasteiger partial charge in [0.15, 0.2) is 5.16 Å². The van der Waals surface area contributed by atoms with Crippen LogP contribution in [-0.4, -0.2) is 27.2 Å². The van der Waals surface area contributed by atoms with E-state index in [0.717, 1.165) is 29.1 Å². The highest BCUT2D eigenvalue weighted by Gasteiger charge is 2.33.